The fourth-order valence-electron chi connectivity index (χ4n) is 1.61. The molecule has 3 N–H and O–H groups in total. The van der Waals surface area contributed by atoms with Crippen LogP contribution in [-0.2, 0) is 0 Å². The molecule has 0 saturated carbocycles. The van der Waals surface area contributed by atoms with Crippen molar-refractivity contribution >= 4 is 23.4 Å². The van der Waals surface area contributed by atoms with E-state index in [2.05, 4.69) is 15.3 Å². The zero-order valence-corrected chi connectivity index (χ0v) is 10.8. The van der Waals surface area contributed by atoms with E-state index in [4.69, 9.17) is 22.1 Å². The second-order valence-corrected chi connectivity index (χ2v) is 4.03. The third-order valence-electron chi connectivity index (χ3n) is 2.44. The molecule has 1 aromatic heterocycles. The number of halogens is 1. The Balaban J connectivity index is 2.60. The monoisotopic (exact) mass is 264 g/mol. The summed E-state index contributed by atoms with van der Waals surface area (Å²) in [4.78, 5) is 8.23. The number of aromatic nitrogens is 2. The first-order valence-electron chi connectivity index (χ1n) is 5.30. The molecule has 5 nitrogen and oxygen atoms in total. The van der Waals surface area contributed by atoms with Gasteiger partial charge in [0, 0.05) is 23.7 Å². The van der Waals surface area contributed by atoms with Crippen LogP contribution < -0.4 is 15.8 Å². The van der Waals surface area contributed by atoms with E-state index >= 15 is 0 Å². The molecule has 0 radical (unpaired) electrons. The van der Waals surface area contributed by atoms with E-state index in [9.17, 15) is 0 Å². The molecular weight excluding hydrogens is 252 g/mol. The van der Waals surface area contributed by atoms with Gasteiger partial charge in [0.2, 0.25) is 5.95 Å². The first-order chi connectivity index (χ1) is 8.63. The van der Waals surface area contributed by atoms with E-state index in [1.807, 2.05) is 0 Å². The van der Waals surface area contributed by atoms with E-state index in [1.165, 1.54) is 0 Å². The predicted molar refractivity (Wildman–Crippen MR) is 73.0 cm³/mol. The van der Waals surface area contributed by atoms with Gasteiger partial charge in [0.15, 0.2) is 0 Å². The molecule has 6 heteroatoms. The molecule has 0 spiro atoms. The number of nitrogens with zero attached hydrogens (tertiary/aromatic N) is 2. The van der Waals surface area contributed by atoms with E-state index in [-0.39, 0.29) is 5.95 Å². The van der Waals surface area contributed by atoms with Gasteiger partial charge < -0.3 is 15.8 Å². The van der Waals surface area contributed by atoms with Crippen molar-refractivity contribution in [2.75, 3.05) is 25.2 Å². The number of benzene rings is 1. The van der Waals surface area contributed by atoms with Crippen molar-refractivity contribution in [1.29, 1.82) is 0 Å². The van der Waals surface area contributed by atoms with Crippen LogP contribution in [0.15, 0.2) is 24.3 Å². The average molecular weight is 265 g/mol. The molecule has 2 aromatic rings. The van der Waals surface area contributed by atoms with Crippen molar-refractivity contribution in [1.82, 2.24) is 9.97 Å². The Morgan fingerprint density at radius 2 is 2.06 bits per heavy atom. The summed E-state index contributed by atoms with van der Waals surface area (Å²) < 4.78 is 5.29. The van der Waals surface area contributed by atoms with E-state index < -0.39 is 0 Å². The highest BCUT2D eigenvalue weighted by Crippen LogP contribution is 2.32. The van der Waals surface area contributed by atoms with Crippen LogP contribution in [0.2, 0.25) is 5.02 Å². The molecule has 1 heterocycles. The van der Waals surface area contributed by atoms with Crippen molar-refractivity contribution < 1.29 is 4.74 Å². The van der Waals surface area contributed by atoms with Crippen molar-refractivity contribution in [2.24, 2.45) is 0 Å². The quantitative estimate of drug-likeness (QED) is 0.891. The van der Waals surface area contributed by atoms with Crippen molar-refractivity contribution in [2.45, 2.75) is 0 Å². The average Bonchev–Trinajstić information content (AvgIpc) is 2.38. The van der Waals surface area contributed by atoms with E-state index in [0.29, 0.717) is 22.3 Å². The number of ether oxygens (including phenoxy) is 1. The fourth-order valence-corrected chi connectivity index (χ4v) is 1.78. The van der Waals surface area contributed by atoms with Gasteiger partial charge in [0.1, 0.15) is 11.6 Å². The van der Waals surface area contributed by atoms with Crippen LogP contribution >= 0.6 is 11.6 Å². The topological polar surface area (TPSA) is 73.1 Å². The largest absolute Gasteiger partial charge is 0.496 e. The van der Waals surface area contributed by atoms with Gasteiger partial charge in [-0.05, 0) is 18.2 Å². The van der Waals surface area contributed by atoms with Gasteiger partial charge in [-0.25, -0.2) is 4.98 Å². The number of hydrogen-bond donors (Lipinski definition) is 2. The Hall–Kier alpha value is -2.01. The molecule has 94 valence electrons. The third kappa shape index (κ3) is 2.46. The highest BCUT2D eigenvalue weighted by atomic mass is 35.5. The summed E-state index contributed by atoms with van der Waals surface area (Å²) in [6.45, 7) is 0. The molecule has 1 aromatic carbocycles. The van der Waals surface area contributed by atoms with Gasteiger partial charge in [-0.1, -0.05) is 11.6 Å². The SMILES string of the molecule is CNc1cc(-c2cc(Cl)ccc2OC)nc(N)n1. The molecule has 0 bridgehead atoms. The van der Waals surface area contributed by atoms with Gasteiger partial charge in [0.05, 0.1) is 12.8 Å². The Morgan fingerprint density at radius 1 is 1.28 bits per heavy atom. The smallest absolute Gasteiger partial charge is 0.222 e. The van der Waals surface area contributed by atoms with Crippen LogP contribution in [-0.4, -0.2) is 24.1 Å². The third-order valence-corrected chi connectivity index (χ3v) is 2.67. The number of nitrogens with one attached hydrogen (secondary N) is 1. The lowest BCUT2D eigenvalue weighted by Crippen LogP contribution is -2.01. The second kappa shape index (κ2) is 5.10. The lowest BCUT2D eigenvalue weighted by atomic mass is 10.1. The Morgan fingerprint density at radius 3 is 2.72 bits per heavy atom. The van der Waals surface area contributed by atoms with Crippen molar-refractivity contribution in [3.8, 4) is 17.0 Å². The molecule has 2 rings (SSSR count). The summed E-state index contributed by atoms with van der Waals surface area (Å²) in [5, 5.41) is 3.53. The van der Waals surface area contributed by atoms with E-state index in [0.717, 1.165) is 5.56 Å². The molecule has 0 aliphatic carbocycles. The summed E-state index contributed by atoms with van der Waals surface area (Å²) in [7, 11) is 3.36. The van der Waals surface area contributed by atoms with Gasteiger partial charge in [-0.15, -0.1) is 0 Å². The zero-order valence-electron chi connectivity index (χ0n) is 10.1. The number of nitrogen functional groups attached to an aromatic ring is 1. The minimum Gasteiger partial charge on any atom is -0.496 e. The van der Waals surface area contributed by atoms with Crippen LogP contribution in [0.5, 0.6) is 5.75 Å². The number of methoxy groups -OCH3 is 1. The van der Waals surface area contributed by atoms with Crippen molar-refractivity contribution in [3.63, 3.8) is 0 Å². The Labute approximate surface area is 110 Å². The molecule has 0 amide bonds. The normalized spacial score (nSPS) is 10.2. The molecular formula is C12H13ClN4O. The zero-order chi connectivity index (χ0) is 13.1. The first-order valence-corrected chi connectivity index (χ1v) is 5.68. The molecule has 0 fully saturated rings. The molecule has 0 atom stereocenters. The maximum Gasteiger partial charge on any atom is 0.222 e. The highest BCUT2D eigenvalue weighted by molar-refractivity contribution is 6.30. The fraction of sp³-hybridized carbons (Fsp3) is 0.167. The van der Waals surface area contributed by atoms with Crippen LogP contribution in [0, 0.1) is 0 Å². The van der Waals surface area contributed by atoms with Crippen LogP contribution in [0.3, 0.4) is 0 Å². The van der Waals surface area contributed by atoms with Crippen LogP contribution in [0.1, 0.15) is 0 Å². The maximum atomic E-state index is 5.99. The van der Waals surface area contributed by atoms with Gasteiger partial charge in [0.25, 0.3) is 0 Å². The van der Waals surface area contributed by atoms with Crippen LogP contribution in [0.25, 0.3) is 11.3 Å². The summed E-state index contributed by atoms with van der Waals surface area (Å²) in [6, 6.07) is 7.11. The second-order valence-electron chi connectivity index (χ2n) is 3.59. The summed E-state index contributed by atoms with van der Waals surface area (Å²) in [5.74, 6) is 1.51. The number of nitrogens with two attached hydrogens (primary N) is 1. The van der Waals surface area contributed by atoms with Gasteiger partial charge >= 0.3 is 0 Å². The predicted octanol–water partition coefficient (Wildman–Crippen LogP) is 2.43. The standard InChI is InChI=1S/C12H13ClN4O/c1-15-11-6-9(16-12(14)17-11)8-5-7(13)3-4-10(8)18-2/h3-6H,1-2H3,(H3,14,15,16,17). The van der Waals surface area contributed by atoms with Crippen molar-refractivity contribution in [3.05, 3.63) is 29.3 Å². The summed E-state index contributed by atoms with van der Waals surface area (Å²) in [6.07, 6.45) is 0. The molecule has 18 heavy (non-hydrogen) atoms. The van der Waals surface area contributed by atoms with Gasteiger partial charge in [-0.2, -0.15) is 4.98 Å². The summed E-state index contributed by atoms with van der Waals surface area (Å²) >= 11 is 5.99. The van der Waals surface area contributed by atoms with E-state index in [1.54, 1.807) is 38.4 Å². The lowest BCUT2D eigenvalue weighted by molar-refractivity contribution is 0.416. The highest BCUT2D eigenvalue weighted by Gasteiger charge is 2.10. The minimum absolute atomic E-state index is 0.193. The number of rotatable bonds is 3. The van der Waals surface area contributed by atoms with Gasteiger partial charge in [-0.3, -0.25) is 0 Å². The Kier molecular flexibility index (Phi) is 3.53. The molecule has 0 unspecified atom stereocenters. The summed E-state index contributed by atoms with van der Waals surface area (Å²) in [5.41, 5.74) is 7.10. The Bertz CT molecular complexity index is 574. The first kappa shape index (κ1) is 12.4. The molecule has 0 aliphatic rings. The lowest BCUT2D eigenvalue weighted by Gasteiger charge is -2.10. The van der Waals surface area contributed by atoms with Crippen LogP contribution in [0.4, 0.5) is 11.8 Å². The number of hydrogen-bond acceptors (Lipinski definition) is 5. The molecule has 0 aliphatic heterocycles. The maximum absolute atomic E-state index is 5.99. The minimum atomic E-state index is 0.193. The number of anilines is 2. The molecule has 0 saturated heterocycles.